The Bertz CT molecular complexity index is 1320. The number of rotatable bonds is 4. The van der Waals surface area contributed by atoms with Gasteiger partial charge in [-0.25, -0.2) is 0 Å². The molecule has 2 N–H and O–H groups in total. The van der Waals surface area contributed by atoms with Crippen LogP contribution in [0, 0.1) is 17.2 Å². The highest BCUT2D eigenvalue weighted by molar-refractivity contribution is 5.82. The Morgan fingerprint density at radius 2 is 1.77 bits per heavy atom. The monoisotopic (exact) mass is 470 g/mol. The molecule has 1 saturated carbocycles. The zero-order valence-corrected chi connectivity index (χ0v) is 19.7. The number of aliphatic hydroxyl groups excluding tert-OH is 1. The van der Waals surface area contributed by atoms with Crippen LogP contribution in [0.4, 0.5) is 0 Å². The van der Waals surface area contributed by atoms with Crippen LogP contribution in [0.5, 0.6) is 11.5 Å². The van der Waals surface area contributed by atoms with E-state index >= 15 is 0 Å². The number of methoxy groups -OCH3 is 1. The average Bonchev–Trinajstić information content (AvgIpc) is 3.26. The summed E-state index contributed by atoms with van der Waals surface area (Å²) < 4.78 is 12.0. The summed E-state index contributed by atoms with van der Waals surface area (Å²) in [5.74, 6) is -1.14. The fourth-order valence-corrected chi connectivity index (χ4v) is 5.79. The van der Waals surface area contributed by atoms with Crippen LogP contribution in [0.2, 0.25) is 0 Å². The van der Waals surface area contributed by atoms with Gasteiger partial charge in [0.2, 0.25) is 5.91 Å². The molecule has 0 radical (unpaired) electrons. The number of carbonyl (C=O) groups is 1. The molecule has 3 aromatic rings. The molecule has 178 valence electrons. The summed E-state index contributed by atoms with van der Waals surface area (Å²) in [5.41, 5.74) is -1.49. The first-order chi connectivity index (χ1) is 16.8. The van der Waals surface area contributed by atoms with Gasteiger partial charge in [0.05, 0.1) is 24.7 Å². The molecule has 0 aromatic heterocycles. The van der Waals surface area contributed by atoms with Gasteiger partial charge in [0, 0.05) is 25.6 Å². The lowest BCUT2D eigenvalue weighted by atomic mass is 9.70. The van der Waals surface area contributed by atoms with Gasteiger partial charge in [0.1, 0.15) is 17.6 Å². The lowest BCUT2D eigenvalue weighted by Gasteiger charge is -2.40. The van der Waals surface area contributed by atoms with Crippen molar-refractivity contribution in [1.82, 2.24) is 4.90 Å². The van der Waals surface area contributed by atoms with Gasteiger partial charge < -0.3 is 24.6 Å². The number of carbonyl (C=O) groups excluding carboxylic acids is 1. The quantitative estimate of drug-likeness (QED) is 0.608. The van der Waals surface area contributed by atoms with Crippen molar-refractivity contribution in [3.8, 4) is 17.6 Å². The molecular weight excluding hydrogens is 444 g/mol. The summed E-state index contributed by atoms with van der Waals surface area (Å²) in [6.45, 7) is 0. The normalized spacial score (nSPS) is 28.4. The van der Waals surface area contributed by atoms with Crippen molar-refractivity contribution in [3.05, 3.63) is 95.1 Å². The summed E-state index contributed by atoms with van der Waals surface area (Å²) >= 11 is 0. The van der Waals surface area contributed by atoms with Crippen molar-refractivity contribution in [2.75, 3.05) is 21.2 Å². The fraction of sp³-hybridized carbons (Fsp3) is 0.286. The molecule has 1 aliphatic carbocycles. The van der Waals surface area contributed by atoms with Crippen molar-refractivity contribution in [2.45, 2.75) is 23.2 Å². The Balaban J connectivity index is 1.85. The van der Waals surface area contributed by atoms with Crippen molar-refractivity contribution in [2.24, 2.45) is 5.92 Å². The smallest absolute Gasteiger partial charge is 0.228 e. The molecule has 3 aromatic carbocycles. The Labute approximate surface area is 203 Å². The van der Waals surface area contributed by atoms with Crippen LogP contribution in [0.25, 0.3) is 0 Å². The van der Waals surface area contributed by atoms with Gasteiger partial charge in [0.25, 0.3) is 0 Å². The molecule has 1 amide bonds. The van der Waals surface area contributed by atoms with Crippen molar-refractivity contribution >= 4 is 5.91 Å². The first-order valence-electron chi connectivity index (χ1n) is 11.3. The highest BCUT2D eigenvalue weighted by atomic mass is 16.5. The maximum absolute atomic E-state index is 13.5. The molecule has 35 heavy (non-hydrogen) atoms. The highest BCUT2D eigenvalue weighted by Crippen LogP contribution is 2.68. The first-order valence-corrected chi connectivity index (χ1v) is 11.3. The molecule has 0 spiro atoms. The number of benzene rings is 3. The van der Waals surface area contributed by atoms with E-state index in [4.69, 9.17) is 9.47 Å². The number of nitriles is 1. The van der Waals surface area contributed by atoms with Gasteiger partial charge in [0.15, 0.2) is 11.2 Å². The second-order valence-electron chi connectivity index (χ2n) is 9.25. The molecule has 5 atom stereocenters. The highest BCUT2D eigenvalue weighted by Gasteiger charge is 2.77. The van der Waals surface area contributed by atoms with E-state index in [1.54, 1.807) is 63.7 Å². The van der Waals surface area contributed by atoms with Gasteiger partial charge in [-0.3, -0.25) is 4.79 Å². The zero-order chi connectivity index (χ0) is 25.0. The van der Waals surface area contributed by atoms with E-state index < -0.39 is 29.1 Å². The third-order valence-corrected chi connectivity index (χ3v) is 7.33. The van der Waals surface area contributed by atoms with Gasteiger partial charge in [-0.05, 0) is 35.4 Å². The number of ether oxygens (including phenoxy) is 2. The molecule has 0 bridgehead atoms. The van der Waals surface area contributed by atoms with E-state index in [1.165, 1.54) is 4.90 Å². The van der Waals surface area contributed by atoms with E-state index in [0.717, 1.165) is 5.56 Å². The van der Waals surface area contributed by atoms with Crippen LogP contribution in [-0.4, -0.2) is 48.3 Å². The van der Waals surface area contributed by atoms with Crippen LogP contribution >= 0.6 is 0 Å². The number of amides is 1. The van der Waals surface area contributed by atoms with Crippen LogP contribution in [0.15, 0.2) is 72.8 Å². The second-order valence-corrected chi connectivity index (χ2v) is 9.25. The van der Waals surface area contributed by atoms with Crippen molar-refractivity contribution in [3.63, 3.8) is 0 Å². The van der Waals surface area contributed by atoms with Gasteiger partial charge >= 0.3 is 0 Å². The number of nitrogens with zero attached hydrogens (tertiary/aromatic N) is 2. The SMILES string of the molecule is COc1ccc([C@@]23Oc4cc(C#N)ccc4[C@]2(O)[C@H](O)[C@H](C(=O)N(C)C)[C@H]3c2ccccc2)cc1. The lowest BCUT2D eigenvalue weighted by Crippen LogP contribution is -2.52. The number of aliphatic hydroxyl groups is 2. The second kappa shape index (κ2) is 8.12. The molecule has 1 aliphatic heterocycles. The summed E-state index contributed by atoms with van der Waals surface area (Å²) in [7, 11) is 4.82. The molecule has 7 heteroatoms. The maximum Gasteiger partial charge on any atom is 0.228 e. The summed E-state index contributed by atoms with van der Waals surface area (Å²) in [6, 6.07) is 23.2. The molecule has 7 nitrogen and oxygen atoms in total. The zero-order valence-electron chi connectivity index (χ0n) is 19.7. The van der Waals surface area contributed by atoms with Gasteiger partial charge in [-0.15, -0.1) is 0 Å². The minimum atomic E-state index is -1.97. The predicted octanol–water partition coefficient (Wildman–Crippen LogP) is 2.91. The molecule has 2 aliphatic rings. The standard InChI is InChI=1S/C28H26N2O5/c1-30(2)26(32)23-24(18-7-5-4-6-8-18)28(19-10-12-20(34-3)13-11-19)27(33,25(23)31)21-14-9-17(16-29)15-22(21)35-28/h4-15,23-25,31,33H,1-3H3/t23-,24-,25-,27+,28+/m1/s1. The molecule has 0 unspecified atom stereocenters. The average molecular weight is 471 g/mol. The lowest BCUT2D eigenvalue weighted by molar-refractivity contribution is -0.155. The largest absolute Gasteiger partial charge is 0.497 e. The van der Waals surface area contributed by atoms with Crippen LogP contribution < -0.4 is 9.47 Å². The van der Waals surface area contributed by atoms with Crippen molar-refractivity contribution in [1.29, 1.82) is 5.26 Å². The van der Waals surface area contributed by atoms with Crippen LogP contribution in [0.3, 0.4) is 0 Å². The topological polar surface area (TPSA) is 103 Å². The summed E-state index contributed by atoms with van der Waals surface area (Å²) in [5, 5.41) is 33.8. The Morgan fingerprint density at radius 1 is 1.09 bits per heavy atom. The molecule has 5 rings (SSSR count). The van der Waals surface area contributed by atoms with Crippen LogP contribution in [0.1, 0.15) is 28.2 Å². The Hall–Kier alpha value is -3.86. The third kappa shape index (κ3) is 3.00. The fourth-order valence-electron chi connectivity index (χ4n) is 5.79. The predicted molar refractivity (Wildman–Crippen MR) is 128 cm³/mol. The summed E-state index contributed by atoms with van der Waals surface area (Å²) in [6.07, 6.45) is -1.49. The molecular formula is C28H26N2O5. The molecule has 0 saturated heterocycles. The number of hydrogen-bond acceptors (Lipinski definition) is 6. The van der Waals surface area contributed by atoms with Crippen LogP contribution in [-0.2, 0) is 16.0 Å². The minimum absolute atomic E-state index is 0.304. The number of fused-ring (bicyclic) bond motifs is 3. The first kappa shape index (κ1) is 22.9. The van der Waals surface area contributed by atoms with Gasteiger partial charge in [-0.1, -0.05) is 48.5 Å². The van der Waals surface area contributed by atoms with Gasteiger partial charge in [-0.2, -0.15) is 5.26 Å². The molecule has 1 fully saturated rings. The van der Waals surface area contributed by atoms with E-state index in [-0.39, 0.29) is 5.91 Å². The van der Waals surface area contributed by atoms with E-state index in [1.807, 2.05) is 30.3 Å². The number of hydrogen-bond donors (Lipinski definition) is 2. The van der Waals surface area contributed by atoms with E-state index in [2.05, 4.69) is 6.07 Å². The molecule has 1 heterocycles. The third-order valence-electron chi connectivity index (χ3n) is 7.33. The maximum atomic E-state index is 13.5. The van der Waals surface area contributed by atoms with E-state index in [0.29, 0.717) is 28.2 Å². The minimum Gasteiger partial charge on any atom is -0.497 e. The van der Waals surface area contributed by atoms with E-state index in [9.17, 15) is 20.3 Å². The summed E-state index contributed by atoms with van der Waals surface area (Å²) in [4.78, 5) is 15.0. The Kier molecular flexibility index (Phi) is 5.32. The van der Waals surface area contributed by atoms with Crippen molar-refractivity contribution < 1.29 is 24.5 Å². The Morgan fingerprint density at radius 3 is 2.37 bits per heavy atom.